The number of hydrazine groups is 1. The predicted octanol–water partition coefficient (Wildman–Crippen LogP) is 3.76. The van der Waals surface area contributed by atoms with Crippen molar-refractivity contribution in [1.82, 2.24) is 5.43 Å². The lowest BCUT2D eigenvalue weighted by atomic mass is 10.1. The molecule has 5 heteroatoms. The highest BCUT2D eigenvalue weighted by molar-refractivity contribution is 7.80. The molecule has 0 aromatic heterocycles. The highest BCUT2D eigenvalue weighted by Crippen LogP contribution is 2.17. The van der Waals surface area contributed by atoms with Crippen molar-refractivity contribution in [2.24, 2.45) is 0 Å². The van der Waals surface area contributed by atoms with Gasteiger partial charge in [0.15, 0.2) is 5.11 Å². The molecule has 2 rings (SSSR count). The van der Waals surface area contributed by atoms with E-state index < -0.39 is 0 Å². The average molecular weight is 289 g/mol. The molecular weight excluding hydrogens is 273 g/mol. The Balaban J connectivity index is 1.92. The largest absolute Gasteiger partial charge is 0.331 e. The highest BCUT2D eigenvalue weighted by Gasteiger charge is 2.02. The zero-order valence-corrected chi connectivity index (χ0v) is 12.1. The van der Waals surface area contributed by atoms with Crippen LogP contribution in [0.25, 0.3) is 0 Å². The van der Waals surface area contributed by atoms with Crippen LogP contribution < -0.4 is 16.2 Å². The van der Waals surface area contributed by atoms with Gasteiger partial charge in [0.1, 0.15) is 5.82 Å². The number of hydrogen-bond donors (Lipinski definition) is 3. The molecule has 0 amide bonds. The molecule has 0 saturated carbocycles. The number of hydrogen-bond acceptors (Lipinski definition) is 2. The molecule has 104 valence electrons. The van der Waals surface area contributed by atoms with E-state index in [9.17, 15) is 4.39 Å². The SMILES string of the molecule is Cc1cccc(NC(=S)NNc2ccc(F)cc2)c1C. The monoisotopic (exact) mass is 289 g/mol. The van der Waals surface area contributed by atoms with Crippen LogP contribution >= 0.6 is 12.2 Å². The summed E-state index contributed by atoms with van der Waals surface area (Å²) < 4.78 is 12.8. The Labute approximate surface area is 123 Å². The first-order valence-electron chi connectivity index (χ1n) is 6.21. The number of aryl methyl sites for hydroxylation is 1. The molecule has 20 heavy (non-hydrogen) atoms. The van der Waals surface area contributed by atoms with Crippen molar-refractivity contribution in [2.75, 3.05) is 10.7 Å². The zero-order chi connectivity index (χ0) is 14.5. The van der Waals surface area contributed by atoms with Gasteiger partial charge in [0, 0.05) is 5.69 Å². The third-order valence-electron chi connectivity index (χ3n) is 3.02. The Morgan fingerprint density at radius 1 is 1.05 bits per heavy atom. The van der Waals surface area contributed by atoms with E-state index in [1.165, 1.54) is 17.7 Å². The summed E-state index contributed by atoms with van der Waals surface area (Å²) >= 11 is 5.21. The van der Waals surface area contributed by atoms with Crippen molar-refractivity contribution < 1.29 is 4.39 Å². The molecule has 0 heterocycles. The fourth-order valence-corrected chi connectivity index (χ4v) is 1.86. The molecule has 3 nitrogen and oxygen atoms in total. The Kier molecular flexibility index (Phi) is 4.53. The average Bonchev–Trinajstić information content (AvgIpc) is 2.43. The second-order valence-electron chi connectivity index (χ2n) is 4.46. The minimum absolute atomic E-state index is 0.272. The van der Waals surface area contributed by atoms with Gasteiger partial charge in [0.25, 0.3) is 0 Å². The summed E-state index contributed by atoms with van der Waals surface area (Å²) in [6, 6.07) is 12.0. The van der Waals surface area contributed by atoms with Crippen molar-refractivity contribution in [3.8, 4) is 0 Å². The van der Waals surface area contributed by atoms with Gasteiger partial charge in [-0.15, -0.1) is 0 Å². The molecule has 2 aromatic carbocycles. The molecule has 0 aliphatic carbocycles. The number of thiocarbonyl (C=S) groups is 1. The summed E-state index contributed by atoms with van der Waals surface area (Å²) in [5.41, 5.74) is 9.81. The molecule has 0 aliphatic heterocycles. The minimum atomic E-state index is -0.272. The first-order chi connectivity index (χ1) is 9.56. The van der Waals surface area contributed by atoms with Gasteiger partial charge in [-0.25, -0.2) is 4.39 Å². The maximum Gasteiger partial charge on any atom is 0.189 e. The van der Waals surface area contributed by atoms with Crippen LogP contribution in [0.3, 0.4) is 0 Å². The van der Waals surface area contributed by atoms with Gasteiger partial charge in [-0.2, -0.15) is 0 Å². The lowest BCUT2D eigenvalue weighted by Gasteiger charge is -2.14. The molecule has 0 fully saturated rings. The van der Waals surface area contributed by atoms with Gasteiger partial charge in [-0.1, -0.05) is 12.1 Å². The Morgan fingerprint density at radius 3 is 2.45 bits per heavy atom. The second-order valence-corrected chi connectivity index (χ2v) is 4.87. The molecule has 2 aromatic rings. The maximum absolute atomic E-state index is 12.8. The van der Waals surface area contributed by atoms with Gasteiger partial charge in [0.05, 0.1) is 5.69 Å². The van der Waals surface area contributed by atoms with Crippen molar-refractivity contribution in [3.05, 3.63) is 59.4 Å². The normalized spacial score (nSPS) is 9.95. The summed E-state index contributed by atoms with van der Waals surface area (Å²) in [4.78, 5) is 0. The third-order valence-corrected chi connectivity index (χ3v) is 3.22. The zero-order valence-electron chi connectivity index (χ0n) is 11.3. The molecule has 0 unspecified atom stereocenters. The Morgan fingerprint density at radius 2 is 1.75 bits per heavy atom. The lowest BCUT2D eigenvalue weighted by Crippen LogP contribution is -2.33. The van der Waals surface area contributed by atoms with E-state index in [-0.39, 0.29) is 5.82 Å². The van der Waals surface area contributed by atoms with Crippen LogP contribution in [0.5, 0.6) is 0 Å². The van der Waals surface area contributed by atoms with Crippen molar-refractivity contribution in [2.45, 2.75) is 13.8 Å². The fraction of sp³-hybridized carbons (Fsp3) is 0.133. The van der Waals surface area contributed by atoms with Gasteiger partial charge in [-0.05, 0) is 67.5 Å². The summed E-state index contributed by atoms with van der Waals surface area (Å²) in [5, 5.41) is 3.56. The molecule has 3 N–H and O–H groups in total. The summed E-state index contributed by atoms with van der Waals surface area (Å²) in [5.74, 6) is -0.272. The van der Waals surface area contributed by atoms with E-state index in [1.807, 2.05) is 32.0 Å². The first kappa shape index (κ1) is 14.3. The van der Waals surface area contributed by atoms with Gasteiger partial charge >= 0.3 is 0 Å². The number of rotatable bonds is 3. The molecule has 0 radical (unpaired) electrons. The van der Waals surface area contributed by atoms with Crippen LogP contribution in [0.15, 0.2) is 42.5 Å². The van der Waals surface area contributed by atoms with E-state index >= 15 is 0 Å². The van der Waals surface area contributed by atoms with Gasteiger partial charge in [0.2, 0.25) is 0 Å². The topological polar surface area (TPSA) is 36.1 Å². The molecule has 0 spiro atoms. The summed E-state index contributed by atoms with van der Waals surface area (Å²) in [6.45, 7) is 4.08. The number of anilines is 2. The van der Waals surface area contributed by atoms with Crippen LogP contribution in [-0.2, 0) is 0 Å². The Hall–Kier alpha value is -2.14. The lowest BCUT2D eigenvalue weighted by molar-refractivity contribution is 0.628. The quantitative estimate of drug-likeness (QED) is 0.594. The first-order valence-corrected chi connectivity index (χ1v) is 6.62. The predicted molar refractivity (Wildman–Crippen MR) is 85.3 cm³/mol. The molecular formula is C15H16FN3S. The molecule has 0 aliphatic rings. The minimum Gasteiger partial charge on any atom is -0.331 e. The Bertz CT molecular complexity index is 611. The summed E-state index contributed by atoms with van der Waals surface area (Å²) in [7, 11) is 0. The van der Waals surface area contributed by atoms with E-state index in [2.05, 4.69) is 16.2 Å². The van der Waals surface area contributed by atoms with E-state index in [1.54, 1.807) is 12.1 Å². The van der Waals surface area contributed by atoms with Crippen LogP contribution in [0, 0.1) is 19.7 Å². The van der Waals surface area contributed by atoms with Crippen molar-refractivity contribution in [3.63, 3.8) is 0 Å². The summed E-state index contributed by atoms with van der Waals surface area (Å²) in [6.07, 6.45) is 0. The molecule has 0 saturated heterocycles. The number of halogens is 1. The fourth-order valence-electron chi connectivity index (χ4n) is 1.70. The van der Waals surface area contributed by atoms with Crippen LogP contribution in [0.1, 0.15) is 11.1 Å². The highest BCUT2D eigenvalue weighted by atomic mass is 32.1. The van der Waals surface area contributed by atoms with Gasteiger partial charge in [-0.3, -0.25) is 10.9 Å². The van der Waals surface area contributed by atoms with Crippen LogP contribution in [0.4, 0.5) is 15.8 Å². The van der Waals surface area contributed by atoms with Gasteiger partial charge < -0.3 is 5.32 Å². The second kappa shape index (κ2) is 6.34. The van der Waals surface area contributed by atoms with E-state index in [4.69, 9.17) is 12.2 Å². The smallest absolute Gasteiger partial charge is 0.189 e. The third kappa shape index (κ3) is 3.68. The van der Waals surface area contributed by atoms with Crippen LogP contribution in [0.2, 0.25) is 0 Å². The number of benzene rings is 2. The van der Waals surface area contributed by atoms with E-state index in [0.29, 0.717) is 5.11 Å². The van der Waals surface area contributed by atoms with E-state index in [0.717, 1.165) is 16.9 Å². The van der Waals surface area contributed by atoms with Crippen LogP contribution in [-0.4, -0.2) is 5.11 Å². The number of nitrogens with one attached hydrogen (secondary N) is 3. The molecule has 0 atom stereocenters. The standard InChI is InChI=1S/C15H16FN3S/c1-10-4-3-5-14(11(10)2)17-15(20)19-18-13-8-6-12(16)7-9-13/h3-9,18H,1-2H3,(H2,17,19,20). The maximum atomic E-state index is 12.8. The van der Waals surface area contributed by atoms with Crippen molar-refractivity contribution in [1.29, 1.82) is 0 Å². The van der Waals surface area contributed by atoms with Crippen molar-refractivity contribution >= 4 is 28.7 Å². The molecule has 0 bridgehead atoms.